The molecule has 0 spiro atoms. The van der Waals surface area contributed by atoms with E-state index in [4.69, 9.17) is 15.2 Å². The fraction of sp³-hybridized carbons (Fsp3) is 0.185. The first-order valence-corrected chi connectivity index (χ1v) is 10.8. The van der Waals surface area contributed by atoms with Crippen LogP contribution in [0.4, 0.5) is 0 Å². The molecule has 1 aliphatic rings. The van der Waals surface area contributed by atoms with Crippen LogP contribution in [0.1, 0.15) is 39.0 Å². The maximum Gasteiger partial charge on any atom is 0.257 e. The third kappa shape index (κ3) is 5.06. The van der Waals surface area contributed by atoms with Gasteiger partial charge in [-0.25, -0.2) is 4.99 Å². The van der Waals surface area contributed by atoms with Gasteiger partial charge in [-0.05, 0) is 65.4 Å². The Bertz CT molecular complexity index is 1230. The van der Waals surface area contributed by atoms with E-state index in [0.29, 0.717) is 12.1 Å². The summed E-state index contributed by atoms with van der Waals surface area (Å²) in [6.45, 7) is 0.341. The SMILES string of the molecule is COc1cccc(CN=C(N)NC(=O)c2ccc3c(c2)C(c2ccccc2OC)=CCC3)c1. The number of para-hydroxylation sites is 1. The van der Waals surface area contributed by atoms with Crippen LogP contribution in [0.15, 0.2) is 77.8 Å². The molecule has 3 N–H and O–H groups in total. The van der Waals surface area contributed by atoms with Gasteiger partial charge < -0.3 is 15.2 Å². The molecular weight excluding hydrogens is 414 g/mol. The van der Waals surface area contributed by atoms with Crippen molar-refractivity contribution in [3.05, 3.63) is 101 Å². The van der Waals surface area contributed by atoms with Gasteiger partial charge in [0.2, 0.25) is 0 Å². The number of hydrogen-bond acceptors (Lipinski definition) is 4. The Morgan fingerprint density at radius 3 is 2.67 bits per heavy atom. The number of methoxy groups -OCH3 is 2. The second kappa shape index (κ2) is 10.0. The molecule has 6 heteroatoms. The molecule has 168 valence electrons. The van der Waals surface area contributed by atoms with Gasteiger partial charge in [0, 0.05) is 11.1 Å². The molecule has 0 atom stereocenters. The lowest BCUT2D eigenvalue weighted by Crippen LogP contribution is -2.36. The third-order valence-corrected chi connectivity index (χ3v) is 5.63. The normalized spacial score (nSPS) is 13.0. The molecule has 0 fully saturated rings. The summed E-state index contributed by atoms with van der Waals surface area (Å²) in [4.78, 5) is 17.2. The number of amides is 1. The van der Waals surface area contributed by atoms with Gasteiger partial charge in [-0.2, -0.15) is 0 Å². The molecule has 0 radical (unpaired) electrons. The summed E-state index contributed by atoms with van der Waals surface area (Å²) in [7, 11) is 3.28. The Kier molecular flexibility index (Phi) is 6.74. The van der Waals surface area contributed by atoms with Crippen LogP contribution in [0.25, 0.3) is 5.57 Å². The average Bonchev–Trinajstić information content (AvgIpc) is 2.86. The zero-order chi connectivity index (χ0) is 23.2. The second-order valence-corrected chi connectivity index (χ2v) is 7.74. The first-order valence-electron chi connectivity index (χ1n) is 10.8. The topological polar surface area (TPSA) is 85.9 Å². The Balaban J connectivity index is 1.53. The first kappa shape index (κ1) is 22.1. The number of guanidine groups is 1. The number of carbonyl (C=O) groups is 1. The molecule has 0 aromatic heterocycles. The molecule has 0 saturated heterocycles. The predicted molar refractivity (Wildman–Crippen MR) is 131 cm³/mol. The molecule has 0 unspecified atom stereocenters. The summed E-state index contributed by atoms with van der Waals surface area (Å²) < 4.78 is 10.8. The van der Waals surface area contributed by atoms with Crippen LogP contribution in [0.5, 0.6) is 11.5 Å². The van der Waals surface area contributed by atoms with Crippen molar-refractivity contribution in [2.75, 3.05) is 14.2 Å². The largest absolute Gasteiger partial charge is 0.497 e. The van der Waals surface area contributed by atoms with Gasteiger partial charge in [-0.3, -0.25) is 10.1 Å². The first-order chi connectivity index (χ1) is 16.1. The number of nitrogens with one attached hydrogen (secondary N) is 1. The Morgan fingerprint density at radius 1 is 1.00 bits per heavy atom. The van der Waals surface area contributed by atoms with Crippen molar-refractivity contribution in [2.45, 2.75) is 19.4 Å². The van der Waals surface area contributed by atoms with Gasteiger partial charge in [0.1, 0.15) is 11.5 Å². The van der Waals surface area contributed by atoms with Crippen LogP contribution in [-0.4, -0.2) is 26.1 Å². The number of aryl methyl sites for hydroxylation is 1. The summed E-state index contributed by atoms with van der Waals surface area (Å²) in [6, 6.07) is 21.2. The van der Waals surface area contributed by atoms with E-state index in [0.717, 1.165) is 46.6 Å². The molecule has 1 aliphatic carbocycles. The quantitative estimate of drug-likeness (QED) is 0.440. The van der Waals surface area contributed by atoms with Crippen molar-refractivity contribution in [2.24, 2.45) is 10.7 Å². The highest BCUT2D eigenvalue weighted by Gasteiger charge is 2.19. The molecule has 0 aliphatic heterocycles. The number of benzene rings is 3. The molecule has 0 bridgehead atoms. The molecule has 3 aromatic carbocycles. The smallest absolute Gasteiger partial charge is 0.257 e. The molecule has 0 heterocycles. The van der Waals surface area contributed by atoms with Crippen molar-refractivity contribution < 1.29 is 14.3 Å². The predicted octanol–water partition coefficient (Wildman–Crippen LogP) is 4.33. The van der Waals surface area contributed by atoms with Gasteiger partial charge in [0.25, 0.3) is 5.91 Å². The molecule has 0 saturated carbocycles. The second-order valence-electron chi connectivity index (χ2n) is 7.74. The van der Waals surface area contributed by atoms with Gasteiger partial charge >= 0.3 is 0 Å². The molecular formula is C27H27N3O3. The number of nitrogens with zero attached hydrogens (tertiary/aromatic N) is 1. The van der Waals surface area contributed by atoms with Crippen LogP contribution < -0.4 is 20.5 Å². The molecule has 6 nitrogen and oxygen atoms in total. The summed E-state index contributed by atoms with van der Waals surface area (Å²) in [6.07, 6.45) is 4.07. The fourth-order valence-corrected chi connectivity index (χ4v) is 3.97. The van der Waals surface area contributed by atoms with Crippen LogP contribution >= 0.6 is 0 Å². The number of fused-ring (bicyclic) bond motifs is 1. The summed E-state index contributed by atoms with van der Waals surface area (Å²) in [5.74, 6) is 1.33. The molecule has 4 rings (SSSR count). The van der Waals surface area contributed by atoms with E-state index in [1.54, 1.807) is 14.2 Å². The minimum atomic E-state index is -0.297. The van der Waals surface area contributed by atoms with Crippen molar-refractivity contribution in [3.8, 4) is 11.5 Å². The van der Waals surface area contributed by atoms with E-state index >= 15 is 0 Å². The third-order valence-electron chi connectivity index (χ3n) is 5.63. The van der Waals surface area contributed by atoms with Crippen molar-refractivity contribution in [1.82, 2.24) is 5.32 Å². The average molecular weight is 442 g/mol. The van der Waals surface area contributed by atoms with Crippen LogP contribution in [0, 0.1) is 0 Å². The highest BCUT2D eigenvalue weighted by atomic mass is 16.5. The molecule has 33 heavy (non-hydrogen) atoms. The highest BCUT2D eigenvalue weighted by Crippen LogP contribution is 2.36. The maximum atomic E-state index is 12.9. The summed E-state index contributed by atoms with van der Waals surface area (Å²) in [5.41, 5.74) is 11.8. The van der Waals surface area contributed by atoms with E-state index in [-0.39, 0.29) is 11.9 Å². The van der Waals surface area contributed by atoms with Gasteiger partial charge in [0.05, 0.1) is 20.8 Å². The van der Waals surface area contributed by atoms with E-state index in [2.05, 4.69) is 16.4 Å². The Hall–Kier alpha value is -4.06. The lowest BCUT2D eigenvalue weighted by Gasteiger charge is -2.20. The number of ether oxygens (including phenoxy) is 2. The van der Waals surface area contributed by atoms with Gasteiger partial charge in [-0.1, -0.05) is 42.5 Å². The summed E-state index contributed by atoms with van der Waals surface area (Å²) in [5, 5.41) is 2.69. The van der Waals surface area contributed by atoms with Crippen LogP contribution in [0.2, 0.25) is 0 Å². The summed E-state index contributed by atoms with van der Waals surface area (Å²) >= 11 is 0. The van der Waals surface area contributed by atoms with E-state index in [1.165, 1.54) is 5.56 Å². The van der Waals surface area contributed by atoms with E-state index in [1.807, 2.05) is 66.7 Å². The van der Waals surface area contributed by atoms with Gasteiger partial charge in [0.15, 0.2) is 5.96 Å². The van der Waals surface area contributed by atoms with Crippen molar-refractivity contribution in [1.29, 1.82) is 0 Å². The van der Waals surface area contributed by atoms with Crippen molar-refractivity contribution >= 4 is 17.4 Å². The van der Waals surface area contributed by atoms with E-state index in [9.17, 15) is 4.79 Å². The zero-order valence-electron chi connectivity index (χ0n) is 18.8. The number of rotatable bonds is 6. The maximum absolute atomic E-state index is 12.9. The van der Waals surface area contributed by atoms with Gasteiger partial charge in [-0.15, -0.1) is 0 Å². The standard InChI is InChI=1S/C27H27N3O3/c1-32-21-9-5-7-18(15-21)17-29-27(28)30-26(31)20-14-13-19-8-6-11-22(24(19)16-20)23-10-3-4-12-25(23)33-2/h3-5,7,9-16H,6,8,17H2,1-2H3,(H3,28,29,30,31). The Labute approximate surface area is 193 Å². The van der Waals surface area contributed by atoms with Crippen LogP contribution in [0.3, 0.4) is 0 Å². The number of aliphatic imine (C=N–C) groups is 1. The number of nitrogens with two attached hydrogens (primary N) is 1. The van der Waals surface area contributed by atoms with Crippen LogP contribution in [-0.2, 0) is 13.0 Å². The number of hydrogen-bond donors (Lipinski definition) is 2. The molecule has 3 aromatic rings. The minimum Gasteiger partial charge on any atom is -0.497 e. The lowest BCUT2D eigenvalue weighted by atomic mass is 9.85. The highest BCUT2D eigenvalue weighted by molar-refractivity contribution is 6.06. The lowest BCUT2D eigenvalue weighted by molar-refractivity contribution is 0.0976. The van der Waals surface area contributed by atoms with Crippen molar-refractivity contribution in [3.63, 3.8) is 0 Å². The monoisotopic (exact) mass is 441 g/mol. The van der Waals surface area contributed by atoms with E-state index < -0.39 is 0 Å². The number of allylic oxidation sites excluding steroid dienone is 1. The number of carbonyl (C=O) groups excluding carboxylic acids is 1. The fourth-order valence-electron chi connectivity index (χ4n) is 3.97. The molecule has 1 amide bonds. The minimum absolute atomic E-state index is 0.0704. The zero-order valence-corrected chi connectivity index (χ0v) is 18.8. The Morgan fingerprint density at radius 2 is 1.85 bits per heavy atom.